The van der Waals surface area contributed by atoms with Crippen LogP contribution < -0.4 is 5.90 Å². The van der Waals surface area contributed by atoms with Gasteiger partial charge in [-0.3, -0.25) is 9.82 Å². The van der Waals surface area contributed by atoms with Gasteiger partial charge in [-0.1, -0.05) is 6.07 Å². The number of hydrogen-bond acceptors (Lipinski definition) is 3. The molecule has 0 atom stereocenters. The first-order valence-corrected chi connectivity index (χ1v) is 3.88. The molecule has 0 amide bonds. The van der Waals surface area contributed by atoms with Crippen molar-refractivity contribution in [3.63, 3.8) is 0 Å². The van der Waals surface area contributed by atoms with E-state index in [2.05, 4.69) is 4.98 Å². The zero-order chi connectivity index (χ0) is 9.19. The van der Waals surface area contributed by atoms with Crippen LogP contribution in [0, 0.1) is 6.92 Å². The molecule has 0 unspecified atom stereocenters. The van der Waals surface area contributed by atoms with Crippen LogP contribution >= 0.6 is 0 Å². The van der Waals surface area contributed by atoms with Crippen molar-refractivity contribution in [3.8, 4) is 0 Å². The van der Waals surface area contributed by atoms with Crippen molar-refractivity contribution in [1.29, 1.82) is 0 Å². The van der Waals surface area contributed by atoms with E-state index < -0.39 is 5.60 Å². The molecule has 66 valence electrons. The molecule has 3 nitrogen and oxygen atoms in total. The van der Waals surface area contributed by atoms with E-state index in [1.807, 2.05) is 32.9 Å². The molecule has 2 N–H and O–H groups in total. The summed E-state index contributed by atoms with van der Waals surface area (Å²) < 4.78 is 0. The Morgan fingerprint density at radius 3 is 2.67 bits per heavy atom. The normalized spacial score (nSPS) is 11.7. The molecular formula is C9H14N2O. The van der Waals surface area contributed by atoms with Crippen LogP contribution in [0.4, 0.5) is 0 Å². The maximum absolute atomic E-state index is 5.17. The zero-order valence-electron chi connectivity index (χ0n) is 7.66. The van der Waals surface area contributed by atoms with Crippen LogP contribution in [-0.4, -0.2) is 4.98 Å². The van der Waals surface area contributed by atoms with Crippen molar-refractivity contribution in [3.05, 3.63) is 29.6 Å². The van der Waals surface area contributed by atoms with Crippen molar-refractivity contribution < 1.29 is 4.84 Å². The first-order chi connectivity index (χ1) is 5.58. The summed E-state index contributed by atoms with van der Waals surface area (Å²) in [4.78, 5) is 9.06. The van der Waals surface area contributed by atoms with Crippen molar-refractivity contribution in [1.82, 2.24) is 4.98 Å². The molecule has 3 heteroatoms. The predicted octanol–water partition coefficient (Wildman–Crippen LogP) is 1.52. The van der Waals surface area contributed by atoms with Crippen LogP contribution in [0.1, 0.15) is 25.1 Å². The summed E-state index contributed by atoms with van der Waals surface area (Å²) >= 11 is 0. The summed E-state index contributed by atoms with van der Waals surface area (Å²) in [5.41, 5.74) is 1.46. The second kappa shape index (κ2) is 3.21. The Labute approximate surface area is 72.5 Å². The van der Waals surface area contributed by atoms with Gasteiger partial charge in [0.15, 0.2) is 0 Å². The van der Waals surface area contributed by atoms with E-state index in [4.69, 9.17) is 10.7 Å². The molecule has 0 aliphatic heterocycles. The lowest BCUT2D eigenvalue weighted by Gasteiger charge is -2.22. The van der Waals surface area contributed by atoms with Gasteiger partial charge in [0, 0.05) is 6.20 Å². The smallest absolute Gasteiger partial charge is 0.126 e. The Morgan fingerprint density at radius 2 is 2.17 bits per heavy atom. The molecule has 0 radical (unpaired) electrons. The summed E-state index contributed by atoms with van der Waals surface area (Å²) in [5.74, 6) is 5.17. The SMILES string of the molecule is Cc1cccnc1C(C)(C)ON. The zero-order valence-corrected chi connectivity index (χ0v) is 7.66. The highest BCUT2D eigenvalue weighted by atomic mass is 16.6. The molecule has 1 aromatic heterocycles. The third-order valence-electron chi connectivity index (χ3n) is 1.87. The average molecular weight is 166 g/mol. The van der Waals surface area contributed by atoms with Crippen molar-refractivity contribution in [2.24, 2.45) is 5.90 Å². The van der Waals surface area contributed by atoms with Crippen LogP contribution in [0.3, 0.4) is 0 Å². The van der Waals surface area contributed by atoms with Crippen LogP contribution in [0.5, 0.6) is 0 Å². The van der Waals surface area contributed by atoms with Gasteiger partial charge in [0.1, 0.15) is 5.60 Å². The third-order valence-corrected chi connectivity index (χ3v) is 1.87. The second-order valence-corrected chi connectivity index (χ2v) is 3.30. The fourth-order valence-corrected chi connectivity index (χ4v) is 1.17. The van der Waals surface area contributed by atoms with Crippen LogP contribution in [0.2, 0.25) is 0 Å². The quantitative estimate of drug-likeness (QED) is 0.677. The Balaban J connectivity index is 3.10. The van der Waals surface area contributed by atoms with Gasteiger partial charge in [0.25, 0.3) is 0 Å². The average Bonchev–Trinajstić information content (AvgIpc) is 2.05. The summed E-state index contributed by atoms with van der Waals surface area (Å²) in [6.45, 7) is 5.77. The first kappa shape index (κ1) is 9.16. The highest BCUT2D eigenvalue weighted by Gasteiger charge is 2.23. The third kappa shape index (κ3) is 1.62. The Morgan fingerprint density at radius 1 is 1.50 bits per heavy atom. The lowest BCUT2D eigenvalue weighted by Crippen LogP contribution is -2.27. The summed E-state index contributed by atoms with van der Waals surface area (Å²) in [5, 5.41) is 0. The van der Waals surface area contributed by atoms with Crippen LogP contribution in [-0.2, 0) is 10.4 Å². The molecule has 1 heterocycles. The van der Waals surface area contributed by atoms with Crippen molar-refractivity contribution in [2.75, 3.05) is 0 Å². The Hall–Kier alpha value is -0.930. The number of nitrogens with two attached hydrogens (primary N) is 1. The Kier molecular flexibility index (Phi) is 2.45. The number of rotatable bonds is 2. The molecule has 0 fully saturated rings. The maximum Gasteiger partial charge on any atom is 0.126 e. The number of nitrogens with zero attached hydrogens (tertiary/aromatic N) is 1. The molecule has 0 aliphatic carbocycles. The van der Waals surface area contributed by atoms with Crippen molar-refractivity contribution in [2.45, 2.75) is 26.4 Å². The Bertz CT molecular complexity index is 271. The van der Waals surface area contributed by atoms with E-state index in [0.29, 0.717) is 0 Å². The number of hydrogen-bond donors (Lipinski definition) is 1. The van der Waals surface area contributed by atoms with E-state index >= 15 is 0 Å². The number of aryl methyl sites for hydroxylation is 1. The molecule has 0 saturated heterocycles. The van der Waals surface area contributed by atoms with Gasteiger partial charge in [-0.05, 0) is 32.4 Å². The molecule has 0 spiro atoms. The molecule has 0 bridgehead atoms. The highest BCUT2D eigenvalue weighted by molar-refractivity contribution is 5.22. The fourth-order valence-electron chi connectivity index (χ4n) is 1.17. The van der Waals surface area contributed by atoms with E-state index in [1.54, 1.807) is 6.20 Å². The van der Waals surface area contributed by atoms with Gasteiger partial charge in [0.2, 0.25) is 0 Å². The first-order valence-electron chi connectivity index (χ1n) is 3.88. The molecular weight excluding hydrogens is 152 g/mol. The van der Waals surface area contributed by atoms with E-state index in [-0.39, 0.29) is 0 Å². The number of pyridine rings is 1. The van der Waals surface area contributed by atoms with E-state index in [9.17, 15) is 0 Å². The maximum atomic E-state index is 5.17. The second-order valence-electron chi connectivity index (χ2n) is 3.30. The lowest BCUT2D eigenvalue weighted by atomic mass is 10.0. The van der Waals surface area contributed by atoms with Gasteiger partial charge >= 0.3 is 0 Å². The predicted molar refractivity (Wildman–Crippen MR) is 47.3 cm³/mol. The van der Waals surface area contributed by atoms with E-state index in [0.717, 1.165) is 11.3 Å². The van der Waals surface area contributed by atoms with Gasteiger partial charge in [-0.25, -0.2) is 5.90 Å². The van der Waals surface area contributed by atoms with E-state index in [1.165, 1.54) is 0 Å². The topological polar surface area (TPSA) is 48.1 Å². The number of aromatic nitrogens is 1. The molecule has 1 aromatic rings. The lowest BCUT2D eigenvalue weighted by molar-refractivity contribution is -0.0272. The molecule has 1 rings (SSSR count). The molecule has 12 heavy (non-hydrogen) atoms. The summed E-state index contributed by atoms with van der Waals surface area (Å²) in [6, 6.07) is 3.88. The van der Waals surface area contributed by atoms with Crippen LogP contribution in [0.25, 0.3) is 0 Å². The van der Waals surface area contributed by atoms with Gasteiger partial charge in [0.05, 0.1) is 5.69 Å². The minimum atomic E-state index is -0.509. The molecule has 0 aliphatic rings. The standard InChI is InChI=1S/C9H14N2O/c1-7-5-4-6-11-8(7)9(2,3)12-10/h4-6H,10H2,1-3H3. The van der Waals surface area contributed by atoms with Gasteiger partial charge in [-0.15, -0.1) is 0 Å². The fraction of sp³-hybridized carbons (Fsp3) is 0.444. The molecule has 0 saturated carbocycles. The monoisotopic (exact) mass is 166 g/mol. The largest absolute Gasteiger partial charge is 0.292 e. The minimum Gasteiger partial charge on any atom is -0.292 e. The van der Waals surface area contributed by atoms with Gasteiger partial charge in [-0.2, -0.15) is 0 Å². The molecule has 0 aromatic carbocycles. The summed E-state index contributed by atoms with van der Waals surface area (Å²) in [7, 11) is 0. The minimum absolute atomic E-state index is 0.509. The van der Waals surface area contributed by atoms with Crippen LogP contribution in [0.15, 0.2) is 18.3 Å². The summed E-state index contributed by atoms with van der Waals surface area (Å²) in [6.07, 6.45) is 1.74. The highest BCUT2D eigenvalue weighted by Crippen LogP contribution is 2.22. The van der Waals surface area contributed by atoms with Crippen molar-refractivity contribution >= 4 is 0 Å². The van der Waals surface area contributed by atoms with Gasteiger partial charge < -0.3 is 0 Å².